The summed E-state index contributed by atoms with van der Waals surface area (Å²) in [6.07, 6.45) is 3.15. The first-order chi connectivity index (χ1) is 13.0. The molecule has 2 aromatic carbocycles. The van der Waals surface area contributed by atoms with Crippen LogP contribution in [0.5, 0.6) is 0 Å². The minimum Gasteiger partial charge on any atom is -0.478 e. The normalized spacial score (nSPS) is 17.1. The predicted molar refractivity (Wildman–Crippen MR) is 117 cm³/mol. The molecule has 148 valence electrons. The number of hydrogen-bond acceptors (Lipinski definition) is 1. The summed E-state index contributed by atoms with van der Waals surface area (Å²) in [5.41, 5.74) is 9.00. The Morgan fingerprint density at radius 1 is 1.00 bits per heavy atom. The number of carbonyl (C=O) groups is 1. The Morgan fingerprint density at radius 3 is 2.11 bits per heavy atom. The summed E-state index contributed by atoms with van der Waals surface area (Å²) >= 11 is 0. The largest absolute Gasteiger partial charge is 0.478 e. The molecule has 0 saturated heterocycles. The molecule has 0 unspecified atom stereocenters. The number of hydrogen-bond donors (Lipinski definition) is 1. The lowest BCUT2D eigenvalue weighted by Gasteiger charge is -2.42. The van der Waals surface area contributed by atoms with Crippen LogP contribution in [0.25, 0.3) is 5.57 Å². The van der Waals surface area contributed by atoms with E-state index in [1.807, 2.05) is 6.07 Å². The molecule has 0 amide bonds. The summed E-state index contributed by atoms with van der Waals surface area (Å²) in [6.45, 7) is 18.0. The average Bonchev–Trinajstić information content (AvgIpc) is 2.64. The Bertz CT molecular complexity index is 961. The minimum atomic E-state index is -0.888. The smallest absolute Gasteiger partial charge is 0.335 e. The van der Waals surface area contributed by atoms with E-state index in [0.29, 0.717) is 5.56 Å². The van der Waals surface area contributed by atoms with Gasteiger partial charge < -0.3 is 5.11 Å². The molecule has 3 rings (SSSR count). The van der Waals surface area contributed by atoms with Crippen LogP contribution in [0, 0.1) is 6.92 Å². The van der Waals surface area contributed by atoms with Crippen molar-refractivity contribution in [2.75, 3.05) is 0 Å². The Morgan fingerprint density at radius 2 is 1.57 bits per heavy atom. The molecule has 2 heteroatoms. The molecule has 0 aromatic heterocycles. The fourth-order valence-electron chi connectivity index (χ4n) is 4.51. The summed E-state index contributed by atoms with van der Waals surface area (Å²) in [5.74, 6) is -0.888. The highest BCUT2D eigenvalue weighted by molar-refractivity contribution is 5.90. The highest BCUT2D eigenvalue weighted by Gasteiger charge is 2.37. The van der Waals surface area contributed by atoms with Gasteiger partial charge in [0, 0.05) is 0 Å². The second kappa shape index (κ2) is 6.92. The van der Waals surface area contributed by atoms with Gasteiger partial charge in [-0.1, -0.05) is 59.4 Å². The molecule has 0 atom stereocenters. The fraction of sp³-hybridized carbons (Fsp3) is 0.423. The van der Waals surface area contributed by atoms with E-state index in [1.165, 1.54) is 35.1 Å². The molecule has 0 spiro atoms. The molecule has 1 N–H and O–H groups in total. The van der Waals surface area contributed by atoms with Gasteiger partial charge in [0.2, 0.25) is 0 Å². The van der Waals surface area contributed by atoms with Crippen LogP contribution in [0.3, 0.4) is 0 Å². The highest BCUT2D eigenvalue weighted by Crippen LogP contribution is 2.47. The van der Waals surface area contributed by atoms with Crippen molar-refractivity contribution in [1.29, 1.82) is 0 Å². The topological polar surface area (TPSA) is 37.3 Å². The Hall–Kier alpha value is -2.35. The lowest BCUT2D eigenvalue weighted by Crippen LogP contribution is -2.34. The summed E-state index contributed by atoms with van der Waals surface area (Å²) in [5, 5.41) is 9.31. The lowest BCUT2D eigenvalue weighted by molar-refractivity contribution is 0.0696. The van der Waals surface area contributed by atoms with Crippen molar-refractivity contribution in [3.63, 3.8) is 0 Å². The maximum absolute atomic E-state index is 11.3. The molecule has 0 radical (unpaired) electrons. The maximum atomic E-state index is 11.3. The van der Waals surface area contributed by atoms with Gasteiger partial charge in [0.05, 0.1) is 5.56 Å². The number of carboxylic acids is 1. The van der Waals surface area contributed by atoms with E-state index >= 15 is 0 Å². The molecule has 1 aliphatic carbocycles. The van der Waals surface area contributed by atoms with Gasteiger partial charge in [-0.3, -0.25) is 0 Å². The molecule has 0 aliphatic heterocycles. The van der Waals surface area contributed by atoms with Crippen LogP contribution in [0.1, 0.15) is 91.2 Å². The van der Waals surface area contributed by atoms with Gasteiger partial charge in [0.15, 0.2) is 0 Å². The summed E-state index contributed by atoms with van der Waals surface area (Å²) in [4.78, 5) is 11.3. The van der Waals surface area contributed by atoms with Crippen LogP contribution in [-0.2, 0) is 17.3 Å². The van der Waals surface area contributed by atoms with E-state index in [1.54, 1.807) is 12.1 Å². The number of aryl methyl sites for hydroxylation is 2. The third-order valence-corrected chi connectivity index (χ3v) is 6.58. The molecule has 2 nitrogen and oxygen atoms in total. The van der Waals surface area contributed by atoms with Crippen LogP contribution in [0.2, 0.25) is 0 Å². The molecular formula is C26H32O2. The van der Waals surface area contributed by atoms with Crippen molar-refractivity contribution in [3.05, 3.63) is 75.9 Å². The monoisotopic (exact) mass is 376 g/mol. The first-order valence-corrected chi connectivity index (χ1v) is 10.2. The number of rotatable bonds is 4. The number of aromatic carboxylic acids is 1. The van der Waals surface area contributed by atoms with E-state index in [-0.39, 0.29) is 10.8 Å². The van der Waals surface area contributed by atoms with Crippen molar-refractivity contribution >= 4 is 11.5 Å². The van der Waals surface area contributed by atoms with Crippen LogP contribution in [0.15, 0.2) is 36.9 Å². The molecule has 0 heterocycles. The minimum absolute atomic E-state index is 0.147. The summed E-state index contributed by atoms with van der Waals surface area (Å²) in [7, 11) is 0. The summed E-state index contributed by atoms with van der Waals surface area (Å²) < 4.78 is 0. The second-order valence-electron chi connectivity index (χ2n) is 9.49. The van der Waals surface area contributed by atoms with E-state index in [2.05, 4.69) is 60.3 Å². The molecule has 1 aliphatic rings. The quantitative estimate of drug-likeness (QED) is 0.647. The molecule has 0 fully saturated rings. The maximum Gasteiger partial charge on any atom is 0.335 e. The van der Waals surface area contributed by atoms with E-state index in [0.717, 1.165) is 23.1 Å². The number of fused-ring (bicyclic) bond motifs is 1. The molecule has 28 heavy (non-hydrogen) atoms. The first kappa shape index (κ1) is 20.4. The van der Waals surface area contributed by atoms with Gasteiger partial charge in [0.25, 0.3) is 0 Å². The van der Waals surface area contributed by atoms with E-state index < -0.39 is 5.97 Å². The third-order valence-electron chi connectivity index (χ3n) is 6.58. The van der Waals surface area contributed by atoms with E-state index in [9.17, 15) is 9.90 Å². The van der Waals surface area contributed by atoms with Gasteiger partial charge in [-0.25, -0.2) is 4.79 Å². The Balaban J connectivity index is 2.15. The SMILES string of the molecule is C=C(c1cc2c(cc1C)C(C)(C)CCC2(C)C)c1ccc(C(=O)O)cc1CC. The Kier molecular flexibility index (Phi) is 5.04. The zero-order valence-electron chi connectivity index (χ0n) is 18.1. The Labute approximate surface area is 169 Å². The predicted octanol–water partition coefficient (Wildman–Crippen LogP) is 6.67. The van der Waals surface area contributed by atoms with Crippen molar-refractivity contribution < 1.29 is 9.90 Å². The molecule has 0 bridgehead atoms. The van der Waals surface area contributed by atoms with Gasteiger partial charge in [0.1, 0.15) is 0 Å². The van der Waals surface area contributed by atoms with Crippen LogP contribution < -0.4 is 0 Å². The van der Waals surface area contributed by atoms with Gasteiger partial charge in [-0.05, 0) is 88.1 Å². The molecule has 2 aromatic rings. The third kappa shape index (κ3) is 3.41. The van der Waals surface area contributed by atoms with Crippen molar-refractivity contribution in [3.8, 4) is 0 Å². The zero-order chi connectivity index (χ0) is 20.9. The lowest BCUT2D eigenvalue weighted by atomic mass is 9.62. The first-order valence-electron chi connectivity index (χ1n) is 10.2. The highest BCUT2D eigenvalue weighted by atomic mass is 16.4. The van der Waals surface area contributed by atoms with Gasteiger partial charge in [-0.15, -0.1) is 0 Å². The van der Waals surface area contributed by atoms with Crippen LogP contribution in [0.4, 0.5) is 0 Å². The average molecular weight is 377 g/mol. The standard InChI is InChI=1S/C26H32O2/c1-8-18-14-19(24(27)28)9-10-20(18)17(3)21-15-23-22(13-16(21)2)25(4,5)11-12-26(23,6)7/h9-10,13-15H,3,8,11-12H2,1-2,4-7H3,(H,27,28). The van der Waals surface area contributed by atoms with Crippen molar-refractivity contribution in [1.82, 2.24) is 0 Å². The van der Waals surface area contributed by atoms with Crippen molar-refractivity contribution in [2.45, 2.75) is 71.6 Å². The van der Waals surface area contributed by atoms with E-state index in [4.69, 9.17) is 0 Å². The second-order valence-corrected chi connectivity index (χ2v) is 9.49. The van der Waals surface area contributed by atoms with Gasteiger partial charge in [-0.2, -0.15) is 0 Å². The van der Waals surface area contributed by atoms with Crippen LogP contribution in [-0.4, -0.2) is 11.1 Å². The molecular weight excluding hydrogens is 344 g/mol. The van der Waals surface area contributed by atoms with Crippen LogP contribution >= 0.6 is 0 Å². The molecule has 0 saturated carbocycles. The number of benzene rings is 2. The van der Waals surface area contributed by atoms with Crippen molar-refractivity contribution in [2.24, 2.45) is 0 Å². The van der Waals surface area contributed by atoms with Gasteiger partial charge >= 0.3 is 5.97 Å². The number of carboxylic acid groups (broad SMARTS) is 1. The zero-order valence-corrected chi connectivity index (χ0v) is 18.1. The summed E-state index contributed by atoms with van der Waals surface area (Å²) in [6, 6.07) is 10.1. The fourth-order valence-corrected chi connectivity index (χ4v) is 4.51.